The molecular formula is C13H17N3O9. The van der Waals surface area contributed by atoms with E-state index in [0.717, 1.165) is 12.1 Å². The summed E-state index contributed by atoms with van der Waals surface area (Å²) in [4.78, 5) is 20.4. The third kappa shape index (κ3) is 3.67. The fraction of sp³-hybridized carbons (Fsp3) is 0.538. The van der Waals surface area contributed by atoms with Crippen LogP contribution in [0, 0.1) is 27.2 Å². The fourth-order valence-electron chi connectivity index (χ4n) is 2.50. The summed E-state index contributed by atoms with van der Waals surface area (Å²) >= 11 is 0. The smallest absolute Gasteiger partial charge is 0.281 e. The molecule has 1 fully saturated rings. The molecule has 0 radical (unpaired) electrons. The van der Waals surface area contributed by atoms with Crippen molar-refractivity contribution in [2.45, 2.75) is 37.6 Å². The fourth-order valence-corrected chi connectivity index (χ4v) is 2.50. The van der Waals surface area contributed by atoms with E-state index in [1.165, 1.54) is 6.92 Å². The van der Waals surface area contributed by atoms with E-state index in [4.69, 9.17) is 9.84 Å². The Morgan fingerprint density at radius 3 is 2.28 bits per heavy atom. The van der Waals surface area contributed by atoms with Crippen LogP contribution < -0.4 is 5.32 Å². The summed E-state index contributed by atoms with van der Waals surface area (Å²) in [7, 11) is 0. The average molecular weight is 359 g/mol. The third-order valence-corrected chi connectivity index (χ3v) is 3.96. The van der Waals surface area contributed by atoms with Crippen molar-refractivity contribution in [1.82, 2.24) is 0 Å². The Morgan fingerprint density at radius 1 is 1.12 bits per heavy atom. The standard InChI is InChI=1S/C13H17N3O9/c1-5-7(2-6(15(21)22)3-8(5)16(23)24)14-13-12(20)11(19)10(18)9(4-17)25-13/h2-3,9-14,17-20H,4H2,1H3/t9-,10-,11+,12-,13-/m1/s1. The number of nitro benzene ring substituents is 2. The molecule has 1 heterocycles. The molecule has 0 unspecified atom stereocenters. The van der Waals surface area contributed by atoms with Crippen molar-refractivity contribution in [2.24, 2.45) is 0 Å². The number of nitro groups is 2. The maximum absolute atomic E-state index is 11.1. The van der Waals surface area contributed by atoms with E-state index < -0.39 is 58.5 Å². The molecule has 0 aliphatic carbocycles. The van der Waals surface area contributed by atoms with Crippen LogP contribution in [-0.2, 0) is 4.74 Å². The monoisotopic (exact) mass is 359 g/mol. The number of ether oxygens (including phenoxy) is 1. The Balaban J connectivity index is 2.38. The Hall–Kier alpha value is -2.38. The first-order valence-electron chi connectivity index (χ1n) is 7.17. The van der Waals surface area contributed by atoms with Gasteiger partial charge in [-0.3, -0.25) is 20.2 Å². The molecule has 12 heteroatoms. The topological polar surface area (TPSA) is 188 Å². The highest BCUT2D eigenvalue weighted by Crippen LogP contribution is 2.33. The van der Waals surface area contributed by atoms with Crippen LogP contribution in [0.2, 0.25) is 0 Å². The molecule has 1 aliphatic heterocycles. The Bertz CT molecular complexity index is 681. The summed E-state index contributed by atoms with van der Waals surface area (Å²) in [6.07, 6.45) is -7.42. The van der Waals surface area contributed by atoms with Crippen LogP contribution >= 0.6 is 0 Å². The average Bonchev–Trinajstić information content (AvgIpc) is 2.56. The number of benzene rings is 1. The van der Waals surface area contributed by atoms with Crippen LogP contribution in [0.15, 0.2) is 12.1 Å². The molecule has 0 bridgehead atoms. The van der Waals surface area contributed by atoms with Gasteiger partial charge in [-0.05, 0) is 6.92 Å². The molecule has 1 aromatic carbocycles. The molecule has 12 nitrogen and oxygen atoms in total. The predicted octanol–water partition coefficient (Wildman–Crippen LogP) is -0.977. The lowest BCUT2D eigenvalue weighted by Crippen LogP contribution is -2.60. The van der Waals surface area contributed by atoms with Gasteiger partial charge in [-0.1, -0.05) is 0 Å². The molecule has 5 atom stereocenters. The van der Waals surface area contributed by atoms with Crippen molar-refractivity contribution in [1.29, 1.82) is 0 Å². The van der Waals surface area contributed by atoms with Crippen LogP contribution in [0.5, 0.6) is 0 Å². The normalized spacial score (nSPS) is 29.2. The lowest BCUT2D eigenvalue weighted by molar-refractivity contribution is -0.394. The van der Waals surface area contributed by atoms with Crippen LogP contribution in [0.3, 0.4) is 0 Å². The second-order valence-electron chi connectivity index (χ2n) is 5.55. The van der Waals surface area contributed by atoms with Crippen molar-refractivity contribution < 1.29 is 35.0 Å². The number of anilines is 1. The minimum atomic E-state index is -1.66. The number of nitrogens with zero attached hydrogens (tertiary/aromatic N) is 2. The molecule has 0 saturated carbocycles. The summed E-state index contributed by atoms with van der Waals surface area (Å²) in [5.74, 6) is 0. The summed E-state index contributed by atoms with van der Waals surface area (Å²) in [6.45, 7) is 0.686. The molecule has 0 aromatic heterocycles. The van der Waals surface area contributed by atoms with E-state index in [9.17, 15) is 35.5 Å². The predicted molar refractivity (Wildman–Crippen MR) is 81.9 cm³/mol. The van der Waals surface area contributed by atoms with Gasteiger partial charge in [0.25, 0.3) is 11.4 Å². The quantitative estimate of drug-likeness (QED) is 0.323. The minimum absolute atomic E-state index is 0.0487. The van der Waals surface area contributed by atoms with Gasteiger partial charge in [0.2, 0.25) is 0 Å². The number of aliphatic hydroxyl groups excluding tert-OH is 4. The van der Waals surface area contributed by atoms with Gasteiger partial charge in [0.1, 0.15) is 24.4 Å². The van der Waals surface area contributed by atoms with Gasteiger partial charge in [-0.15, -0.1) is 0 Å². The van der Waals surface area contributed by atoms with Crippen molar-refractivity contribution in [3.8, 4) is 0 Å². The first-order chi connectivity index (χ1) is 11.7. The molecule has 1 saturated heterocycles. The molecule has 0 spiro atoms. The van der Waals surface area contributed by atoms with Crippen LogP contribution in [0.1, 0.15) is 5.56 Å². The zero-order valence-electron chi connectivity index (χ0n) is 13.0. The van der Waals surface area contributed by atoms with Crippen molar-refractivity contribution in [3.63, 3.8) is 0 Å². The van der Waals surface area contributed by atoms with E-state index in [1.54, 1.807) is 0 Å². The second-order valence-corrected chi connectivity index (χ2v) is 5.55. The van der Waals surface area contributed by atoms with E-state index in [0.29, 0.717) is 0 Å². The van der Waals surface area contributed by atoms with Gasteiger partial charge in [0.15, 0.2) is 6.23 Å². The Kier molecular flexibility index (Phi) is 5.49. The maximum atomic E-state index is 11.1. The summed E-state index contributed by atoms with van der Waals surface area (Å²) in [5, 5.41) is 63.2. The molecule has 25 heavy (non-hydrogen) atoms. The third-order valence-electron chi connectivity index (χ3n) is 3.96. The molecule has 1 aromatic rings. The van der Waals surface area contributed by atoms with Gasteiger partial charge in [0, 0.05) is 6.07 Å². The first-order valence-corrected chi connectivity index (χ1v) is 7.17. The summed E-state index contributed by atoms with van der Waals surface area (Å²) in [5.41, 5.74) is -1.08. The van der Waals surface area contributed by atoms with Crippen LogP contribution in [0.25, 0.3) is 0 Å². The lowest BCUT2D eigenvalue weighted by Gasteiger charge is -2.40. The maximum Gasteiger partial charge on any atom is 0.281 e. The van der Waals surface area contributed by atoms with Crippen molar-refractivity contribution in [2.75, 3.05) is 11.9 Å². The SMILES string of the molecule is Cc1c(N[C@@H]2O[C@H](CO)[C@@H](O)[C@H](O)[C@H]2O)cc([N+](=O)[O-])cc1[N+](=O)[O-]. The Labute approximate surface area is 140 Å². The Morgan fingerprint density at radius 2 is 1.76 bits per heavy atom. The number of hydrogen-bond donors (Lipinski definition) is 5. The molecule has 138 valence electrons. The van der Waals surface area contributed by atoms with Gasteiger partial charge in [-0.2, -0.15) is 0 Å². The molecule has 5 N–H and O–H groups in total. The number of hydrogen-bond acceptors (Lipinski definition) is 10. The summed E-state index contributed by atoms with van der Waals surface area (Å²) < 4.78 is 5.23. The van der Waals surface area contributed by atoms with Gasteiger partial charge in [0.05, 0.1) is 33.8 Å². The number of non-ortho nitro benzene ring substituents is 1. The molecule has 1 aliphatic rings. The van der Waals surface area contributed by atoms with E-state index in [2.05, 4.69) is 5.32 Å². The van der Waals surface area contributed by atoms with E-state index >= 15 is 0 Å². The highest BCUT2D eigenvalue weighted by atomic mass is 16.6. The van der Waals surface area contributed by atoms with Gasteiger partial charge in [-0.25, -0.2) is 0 Å². The first kappa shape index (κ1) is 19.0. The van der Waals surface area contributed by atoms with Crippen LogP contribution in [0.4, 0.5) is 17.1 Å². The van der Waals surface area contributed by atoms with E-state index in [1.807, 2.05) is 0 Å². The highest BCUT2D eigenvalue weighted by Gasteiger charge is 2.43. The van der Waals surface area contributed by atoms with E-state index in [-0.39, 0.29) is 11.3 Å². The lowest BCUT2D eigenvalue weighted by atomic mass is 9.98. The largest absolute Gasteiger partial charge is 0.394 e. The molecule has 0 amide bonds. The van der Waals surface area contributed by atoms with Crippen LogP contribution in [-0.4, -0.2) is 67.5 Å². The number of nitrogens with one attached hydrogen (secondary N) is 1. The van der Waals surface area contributed by atoms with Gasteiger partial charge >= 0.3 is 0 Å². The number of rotatable bonds is 5. The number of aliphatic hydroxyl groups is 4. The van der Waals surface area contributed by atoms with Crippen molar-refractivity contribution in [3.05, 3.63) is 37.9 Å². The van der Waals surface area contributed by atoms with Gasteiger partial charge < -0.3 is 30.5 Å². The molecular weight excluding hydrogens is 342 g/mol. The second kappa shape index (κ2) is 7.25. The summed E-state index contributed by atoms with van der Waals surface area (Å²) in [6, 6.07) is 1.82. The zero-order valence-corrected chi connectivity index (χ0v) is 13.0. The van der Waals surface area contributed by atoms with Crippen molar-refractivity contribution >= 4 is 17.1 Å². The minimum Gasteiger partial charge on any atom is -0.394 e. The molecule has 2 rings (SSSR count). The zero-order chi connectivity index (χ0) is 18.9. The highest BCUT2D eigenvalue weighted by molar-refractivity contribution is 5.66.